The molecule has 1 aromatic carbocycles. The third kappa shape index (κ3) is 4.59. The van der Waals surface area contributed by atoms with Gasteiger partial charge < -0.3 is 5.73 Å². The van der Waals surface area contributed by atoms with Crippen LogP contribution in [0.15, 0.2) is 54.4 Å². The number of nitro benzene ring substituents is 1. The van der Waals surface area contributed by atoms with Crippen molar-refractivity contribution in [1.82, 2.24) is 14.8 Å². The van der Waals surface area contributed by atoms with E-state index in [-0.39, 0.29) is 22.9 Å². The number of hydrogen-bond acceptors (Lipinski definition) is 8. The van der Waals surface area contributed by atoms with Gasteiger partial charge in [-0.2, -0.15) is 5.26 Å². The number of nitro groups is 1. The van der Waals surface area contributed by atoms with Crippen LogP contribution >= 0.6 is 11.8 Å². The Morgan fingerprint density at radius 2 is 2.11 bits per heavy atom. The second kappa shape index (κ2) is 8.77. The SMILES string of the molecule is C=CCn1c(SCC(=O)[C@H](C#N)C(=C)N)nnc1-c1ccc([N+](=O)[O-])cc1. The van der Waals surface area contributed by atoms with Gasteiger partial charge >= 0.3 is 0 Å². The number of nitriles is 1. The van der Waals surface area contributed by atoms with Crippen LogP contribution in [0.2, 0.25) is 0 Å². The van der Waals surface area contributed by atoms with Crippen molar-refractivity contribution >= 4 is 23.2 Å². The molecule has 1 aromatic heterocycles. The van der Waals surface area contributed by atoms with Crippen molar-refractivity contribution in [3.05, 3.63) is 59.3 Å². The third-order valence-electron chi connectivity index (χ3n) is 3.53. The van der Waals surface area contributed by atoms with Gasteiger partial charge in [-0.15, -0.1) is 16.8 Å². The Hall–Kier alpha value is -3.45. The van der Waals surface area contributed by atoms with E-state index in [1.165, 1.54) is 12.1 Å². The second-order valence-electron chi connectivity index (χ2n) is 5.40. The number of carbonyl (C=O) groups excluding carboxylic acids is 1. The van der Waals surface area contributed by atoms with Gasteiger partial charge in [-0.3, -0.25) is 19.5 Å². The Balaban J connectivity index is 2.25. The molecule has 10 heteroatoms. The van der Waals surface area contributed by atoms with Gasteiger partial charge in [-0.25, -0.2) is 0 Å². The highest BCUT2D eigenvalue weighted by Gasteiger charge is 2.21. The molecule has 1 heterocycles. The smallest absolute Gasteiger partial charge is 0.269 e. The first kappa shape index (κ1) is 19.9. The summed E-state index contributed by atoms with van der Waals surface area (Å²) in [6, 6.07) is 7.73. The number of benzene rings is 1. The number of non-ortho nitro benzene ring substituents is 1. The van der Waals surface area contributed by atoms with Gasteiger partial charge in [0, 0.05) is 29.9 Å². The molecule has 0 fully saturated rings. The normalized spacial score (nSPS) is 11.4. The Labute approximate surface area is 159 Å². The molecule has 0 amide bonds. The number of rotatable bonds is 9. The van der Waals surface area contributed by atoms with Crippen LogP contribution < -0.4 is 5.73 Å². The fourth-order valence-electron chi connectivity index (χ4n) is 2.22. The van der Waals surface area contributed by atoms with E-state index >= 15 is 0 Å². The van der Waals surface area contributed by atoms with E-state index in [4.69, 9.17) is 11.0 Å². The van der Waals surface area contributed by atoms with Crippen LogP contribution in [0.4, 0.5) is 5.69 Å². The molecule has 0 aliphatic heterocycles. The number of aromatic nitrogens is 3. The molecule has 0 saturated heterocycles. The summed E-state index contributed by atoms with van der Waals surface area (Å²) < 4.78 is 1.73. The van der Waals surface area contributed by atoms with Crippen LogP contribution in [-0.2, 0) is 11.3 Å². The van der Waals surface area contributed by atoms with Crippen LogP contribution in [0.25, 0.3) is 11.4 Å². The summed E-state index contributed by atoms with van der Waals surface area (Å²) in [5.41, 5.74) is 6.08. The lowest BCUT2D eigenvalue weighted by atomic mass is 10.1. The molecule has 9 nitrogen and oxygen atoms in total. The molecule has 2 rings (SSSR count). The summed E-state index contributed by atoms with van der Waals surface area (Å²) in [6.07, 6.45) is 1.64. The molecule has 0 aliphatic carbocycles. The maximum atomic E-state index is 12.1. The van der Waals surface area contributed by atoms with Gasteiger partial charge in [0.2, 0.25) is 0 Å². The number of thioether (sulfide) groups is 1. The van der Waals surface area contributed by atoms with Crippen molar-refractivity contribution in [2.75, 3.05) is 5.75 Å². The summed E-state index contributed by atoms with van der Waals surface area (Å²) in [4.78, 5) is 22.4. The summed E-state index contributed by atoms with van der Waals surface area (Å²) in [5, 5.41) is 28.4. The van der Waals surface area contributed by atoms with Gasteiger partial charge in [0.05, 0.1) is 16.7 Å². The largest absolute Gasteiger partial charge is 0.401 e. The van der Waals surface area contributed by atoms with E-state index in [2.05, 4.69) is 23.4 Å². The maximum Gasteiger partial charge on any atom is 0.269 e. The fraction of sp³-hybridized carbons (Fsp3) is 0.176. The molecule has 1 atom stereocenters. The van der Waals surface area contributed by atoms with Gasteiger partial charge in [0.15, 0.2) is 16.8 Å². The average molecular weight is 384 g/mol. The molecule has 0 unspecified atom stereocenters. The lowest BCUT2D eigenvalue weighted by molar-refractivity contribution is -0.384. The quantitative estimate of drug-likeness (QED) is 0.300. The molecule has 2 N–H and O–H groups in total. The second-order valence-corrected chi connectivity index (χ2v) is 6.34. The monoisotopic (exact) mass is 384 g/mol. The Bertz CT molecular complexity index is 929. The average Bonchev–Trinajstić information content (AvgIpc) is 3.03. The zero-order valence-electron chi connectivity index (χ0n) is 14.2. The highest BCUT2D eigenvalue weighted by Crippen LogP contribution is 2.26. The van der Waals surface area contributed by atoms with Crippen molar-refractivity contribution in [1.29, 1.82) is 5.26 Å². The van der Waals surface area contributed by atoms with Crippen molar-refractivity contribution < 1.29 is 9.72 Å². The number of carbonyl (C=O) groups is 1. The molecule has 0 aliphatic rings. The van der Waals surface area contributed by atoms with E-state index in [1.54, 1.807) is 22.8 Å². The molecule has 2 aromatic rings. The van der Waals surface area contributed by atoms with Gasteiger partial charge in [-0.05, 0) is 12.1 Å². The first-order chi connectivity index (χ1) is 12.9. The Morgan fingerprint density at radius 3 is 2.63 bits per heavy atom. The number of allylic oxidation sites excluding steroid dienone is 2. The summed E-state index contributed by atoms with van der Waals surface area (Å²) in [6.45, 7) is 7.52. The van der Waals surface area contributed by atoms with Gasteiger partial charge in [-0.1, -0.05) is 24.4 Å². The summed E-state index contributed by atoms with van der Waals surface area (Å²) in [5.74, 6) is -0.980. The molecule has 138 valence electrons. The highest BCUT2D eigenvalue weighted by molar-refractivity contribution is 7.99. The number of ketones is 1. The van der Waals surface area contributed by atoms with Crippen molar-refractivity contribution in [3.63, 3.8) is 0 Å². The predicted octanol–water partition coefficient (Wildman–Crippen LogP) is 2.31. The molecule has 0 bridgehead atoms. The van der Waals surface area contributed by atoms with Crippen LogP contribution in [0, 0.1) is 27.4 Å². The van der Waals surface area contributed by atoms with E-state index in [0.717, 1.165) is 11.8 Å². The predicted molar refractivity (Wildman–Crippen MR) is 100 cm³/mol. The van der Waals surface area contributed by atoms with E-state index in [0.29, 0.717) is 23.1 Å². The topological polar surface area (TPSA) is 141 Å². The molecule has 0 radical (unpaired) electrons. The van der Waals surface area contributed by atoms with Crippen LogP contribution in [0.5, 0.6) is 0 Å². The van der Waals surface area contributed by atoms with Crippen LogP contribution in [-0.4, -0.2) is 31.2 Å². The van der Waals surface area contributed by atoms with Crippen molar-refractivity contribution in [2.24, 2.45) is 11.7 Å². The molecular formula is C17H16N6O3S. The number of nitrogens with zero attached hydrogens (tertiary/aromatic N) is 5. The summed E-state index contributed by atoms with van der Waals surface area (Å²) >= 11 is 1.12. The van der Waals surface area contributed by atoms with E-state index in [9.17, 15) is 14.9 Å². The van der Waals surface area contributed by atoms with Crippen molar-refractivity contribution in [2.45, 2.75) is 11.7 Å². The number of hydrogen-bond donors (Lipinski definition) is 1. The maximum absolute atomic E-state index is 12.1. The van der Waals surface area contributed by atoms with Crippen molar-refractivity contribution in [3.8, 4) is 17.5 Å². The summed E-state index contributed by atoms with van der Waals surface area (Å²) in [7, 11) is 0. The number of nitrogens with two attached hydrogens (primary N) is 1. The molecular weight excluding hydrogens is 368 g/mol. The standard InChI is InChI=1S/C17H16N6O3S/c1-3-8-22-16(12-4-6-13(7-5-12)23(25)26)20-21-17(22)27-10-15(24)14(9-18)11(2)19/h3-7,14H,1-2,8,10,19H2/t14-/m1/s1. The minimum Gasteiger partial charge on any atom is -0.401 e. The first-order valence-corrected chi connectivity index (χ1v) is 8.66. The lowest BCUT2D eigenvalue weighted by Gasteiger charge is -2.09. The zero-order valence-corrected chi connectivity index (χ0v) is 15.1. The Morgan fingerprint density at radius 1 is 1.44 bits per heavy atom. The van der Waals surface area contributed by atoms with Crippen LogP contribution in [0.1, 0.15) is 0 Å². The first-order valence-electron chi connectivity index (χ1n) is 7.67. The highest BCUT2D eigenvalue weighted by atomic mass is 32.2. The molecule has 27 heavy (non-hydrogen) atoms. The van der Waals surface area contributed by atoms with E-state index in [1.807, 2.05) is 6.07 Å². The minimum atomic E-state index is -1.07. The Kier molecular flexibility index (Phi) is 6.46. The fourth-order valence-corrected chi connectivity index (χ4v) is 3.07. The van der Waals surface area contributed by atoms with Gasteiger partial charge in [0.25, 0.3) is 5.69 Å². The third-order valence-corrected chi connectivity index (χ3v) is 4.52. The molecule has 0 spiro atoms. The number of Topliss-reactive ketones (excluding diaryl/α,β-unsaturated/α-hetero) is 1. The zero-order chi connectivity index (χ0) is 20.0. The minimum absolute atomic E-state index is 0.00206. The van der Waals surface area contributed by atoms with E-state index < -0.39 is 10.8 Å². The lowest BCUT2D eigenvalue weighted by Crippen LogP contribution is -2.21. The van der Waals surface area contributed by atoms with Crippen LogP contribution in [0.3, 0.4) is 0 Å². The van der Waals surface area contributed by atoms with Gasteiger partial charge in [0.1, 0.15) is 5.92 Å². The molecule has 0 saturated carbocycles.